The number of benzene rings is 1. The summed E-state index contributed by atoms with van der Waals surface area (Å²) in [6.45, 7) is 7.92. The molecule has 27 heavy (non-hydrogen) atoms. The quantitative estimate of drug-likeness (QED) is 0.235. The van der Waals surface area contributed by atoms with Gasteiger partial charge in [-0.15, -0.1) is 0 Å². The van der Waals surface area contributed by atoms with Crippen molar-refractivity contribution in [3.05, 3.63) is 37.0 Å². The molecule has 4 bridgehead atoms. The number of rotatable bonds is 5. The zero-order chi connectivity index (χ0) is 19.3. The van der Waals surface area contributed by atoms with Crippen LogP contribution >= 0.6 is 45.2 Å². The second-order valence-electron chi connectivity index (χ2n) is 8.84. The van der Waals surface area contributed by atoms with Crippen molar-refractivity contribution in [1.82, 2.24) is 0 Å². The Hall–Kier alpha value is -0.310. The smallest absolute Gasteiger partial charge is 0.333 e. The third kappa shape index (κ3) is 3.79. The molecule has 0 heterocycles. The fourth-order valence-corrected chi connectivity index (χ4v) is 7.69. The molecule has 0 N–H and O–H groups in total. The van der Waals surface area contributed by atoms with Crippen LogP contribution in [0.1, 0.15) is 51.5 Å². The first-order valence-corrected chi connectivity index (χ1v) is 11.9. The van der Waals surface area contributed by atoms with E-state index >= 15 is 0 Å². The predicted octanol–water partition coefficient (Wildman–Crippen LogP) is 6.11. The lowest BCUT2D eigenvalue weighted by molar-refractivity contribution is -0.146. The molecule has 3 nitrogen and oxygen atoms in total. The number of hydrogen-bond acceptors (Lipinski definition) is 3. The van der Waals surface area contributed by atoms with Crippen molar-refractivity contribution in [2.24, 2.45) is 23.7 Å². The molecular formula is C22H26I2O3. The van der Waals surface area contributed by atoms with Crippen molar-refractivity contribution < 1.29 is 14.3 Å². The topological polar surface area (TPSA) is 35.5 Å². The number of halogens is 2. The van der Waals surface area contributed by atoms with E-state index < -0.39 is 0 Å². The van der Waals surface area contributed by atoms with E-state index in [1.54, 1.807) is 6.92 Å². The molecule has 0 spiro atoms. The van der Waals surface area contributed by atoms with Crippen molar-refractivity contribution in [3.63, 3.8) is 0 Å². The van der Waals surface area contributed by atoms with Gasteiger partial charge >= 0.3 is 5.97 Å². The summed E-state index contributed by atoms with van der Waals surface area (Å²) in [5.74, 6) is 3.91. The fourth-order valence-electron chi connectivity index (χ4n) is 5.57. The molecule has 0 radical (unpaired) electrons. The van der Waals surface area contributed by atoms with E-state index in [2.05, 4.69) is 70.8 Å². The largest absolute Gasteiger partial charge is 0.485 e. The second kappa shape index (κ2) is 7.50. The average molecular weight is 592 g/mol. The van der Waals surface area contributed by atoms with Crippen LogP contribution in [0.15, 0.2) is 24.3 Å². The van der Waals surface area contributed by atoms with Gasteiger partial charge in [0.2, 0.25) is 0 Å². The summed E-state index contributed by atoms with van der Waals surface area (Å²) < 4.78 is 14.3. The van der Waals surface area contributed by atoms with Gasteiger partial charge in [0.1, 0.15) is 18.0 Å². The van der Waals surface area contributed by atoms with Crippen molar-refractivity contribution >= 4 is 51.2 Å². The van der Waals surface area contributed by atoms with Gasteiger partial charge in [0.05, 0.1) is 7.14 Å². The molecule has 4 aliphatic rings. The SMILES string of the molecule is C=C(C)C(=O)OCc1cc(I)c(OC2(C)C3CC4CC(C3)CC2C4)c(I)c1. The maximum absolute atomic E-state index is 11.6. The number of ether oxygens (including phenoxy) is 2. The van der Waals surface area contributed by atoms with Crippen LogP contribution in [-0.2, 0) is 16.1 Å². The minimum Gasteiger partial charge on any atom is -0.485 e. The van der Waals surface area contributed by atoms with E-state index in [-0.39, 0.29) is 18.2 Å². The van der Waals surface area contributed by atoms with Crippen molar-refractivity contribution in [2.75, 3.05) is 0 Å². The van der Waals surface area contributed by atoms with E-state index in [4.69, 9.17) is 9.47 Å². The van der Waals surface area contributed by atoms with Gasteiger partial charge < -0.3 is 9.47 Å². The van der Waals surface area contributed by atoms with Crippen LogP contribution in [0.5, 0.6) is 5.75 Å². The monoisotopic (exact) mass is 592 g/mol. The molecule has 0 amide bonds. The lowest BCUT2D eigenvalue weighted by Crippen LogP contribution is -2.59. The van der Waals surface area contributed by atoms with Crippen molar-refractivity contribution in [2.45, 2.75) is 58.2 Å². The highest BCUT2D eigenvalue weighted by molar-refractivity contribution is 14.1. The minimum atomic E-state index is -0.346. The highest BCUT2D eigenvalue weighted by atomic mass is 127. The van der Waals surface area contributed by atoms with Crippen molar-refractivity contribution in [3.8, 4) is 5.75 Å². The molecule has 0 unspecified atom stereocenters. The molecule has 0 aliphatic heterocycles. The highest BCUT2D eigenvalue weighted by Crippen LogP contribution is 2.59. The fraction of sp³-hybridized carbons (Fsp3) is 0.591. The van der Waals surface area contributed by atoms with E-state index in [1.807, 2.05) is 0 Å². The molecule has 5 rings (SSSR count). The summed E-state index contributed by atoms with van der Waals surface area (Å²) in [5.41, 5.74) is 1.37. The summed E-state index contributed by atoms with van der Waals surface area (Å²) in [5, 5.41) is 0. The standard InChI is InChI=1S/C22H26I2O3/c1-12(2)21(25)26-11-15-9-18(23)20(19(24)10-15)27-22(3)16-5-13-4-14(7-16)8-17(22)6-13/h9-10,13-14,16-17H,1,4-8,11H2,2-3H3. The van der Waals surface area contributed by atoms with Gasteiger partial charge in [-0.1, -0.05) is 6.58 Å². The Morgan fingerprint density at radius 2 is 1.63 bits per heavy atom. The van der Waals surface area contributed by atoms with E-state index in [9.17, 15) is 4.79 Å². The first-order chi connectivity index (χ1) is 12.8. The maximum Gasteiger partial charge on any atom is 0.333 e. The van der Waals surface area contributed by atoms with Gasteiger partial charge in [0.25, 0.3) is 0 Å². The van der Waals surface area contributed by atoms with Crippen molar-refractivity contribution in [1.29, 1.82) is 0 Å². The average Bonchev–Trinajstić information content (AvgIpc) is 2.60. The van der Waals surface area contributed by atoms with Crippen LogP contribution in [0.4, 0.5) is 0 Å². The summed E-state index contributed by atoms with van der Waals surface area (Å²) in [4.78, 5) is 11.6. The Kier molecular flexibility index (Phi) is 5.55. The molecule has 5 heteroatoms. The minimum absolute atomic E-state index is 0.0405. The Balaban J connectivity index is 1.52. The Morgan fingerprint density at radius 3 is 2.11 bits per heavy atom. The van der Waals surface area contributed by atoms with Gasteiger partial charge in [-0.05, 0) is 133 Å². The lowest BCUT2D eigenvalue weighted by atomic mass is 9.50. The van der Waals surface area contributed by atoms with E-state index in [0.29, 0.717) is 17.4 Å². The molecule has 146 valence electrons. The normalized spacial score (nSPS) is 33.8. The van der Waals surface area contributed by atoms with Gasteiger partial charge in [0.15, 0.2) is 0 Å². The maximum atomic E-state index is 11.6. The summed E-state index contributed by atoms with van der Waals surface area (Å²) in [6.07, 6.45) is 6.81. The van der Waals surface area contributed by atoms with Gasteiger partial charge in [0, 0.05) is 5.57 Å². The molecule has 0 atom stereocenters. The van der Waals surface area contributed by atoms with Crippen LogP contribution in [0.2, 0.25) is 0 Å². The van der Waals surface area contributed by atoms with Crippen LogP contribution in [-0.4, -0.2) is 11.6 Å². The number of carbonyl (C=O) groups excluding carboxylic acids is 1. The lowest BCUT2D eigenvalue weighted by Gasteiger charge is -2.59. The Labute approximate surface area is 188 Å². The van der Waals surface area contributed by atoms with Crippen LogP contribution in [0.25, 0.3) is 0 Å². The molecule has 0 saturated heterocycles. The molecule has 4 fully saturated rings. The molecule has 1 aromatic rings. The first kappa shape index (κ1) is 20.0. The molecule has 4 aliphatic carbocycles. The first-order valence-electron chi connectivity index (χ1n) is 9.75. The van der Waals surface area contributed by atoms with E-state index in [1.165, 1.54) is 32.1 Å². The zero-order valence-electron chi connectivity index (χ0n) is 15.9. The predicted molar refractivity (Wildman–Crippen MR) is 123 cm³/mol. The molecule has 4 saturated carbocycles. The van der Waals surface area contributed by atoms with Gasteiger partial charge in [-0.3, -0.25) is 0 Å². The number of carbonyl (C=O) groups is 1. The number of hydrogen-bond donors (Lipinski definition) is 0. The summed E-state index contributed by atoms with van der Waals surface area (Å²) in [7, 11) is 0. The molecular weight excluding hydrogens is 566 g/mol. The molecule has 0 aromatic heterocycles. The third-order valence-corrected chi connectivity index (χ3v) is 8.46. The zero-order valence-corrected chi connectivity index (χ0v) is 20.2. The van der Waals surface area contributed by atoms with Crippen LogP contribution in [0, 0.1) is 30.8 Å². The van der Waals surface area contributed by atoms with E-state index in [0.717, 1.165) is 30.3 Å². The Morgan fingerprint density at radius 1 is 1.11 bits per heavy atom. The summed E-state index contributed by atoms with van der Waals surface area (Å²) >= 11 is 4.71. The second-order valence-corrected chi connectivity index (χ2v) is 11.2. The summed E-state index contributed by atoms with van der Waals surface area (Å²) in [6, 6.07) is 4.15. The third-order valence-electron chi connectivity index (χ3n) is 6.86. The van der Waals surface area contributed by atoms with Crippen LogP contribution in [0.3, 0.4) is 0 Å². The van der Waals surface area contributed by atoms with Gasteiger partial charge in [-0.2, -0.15) is 0 Å². The molecule has 1 aromatic carbocycles. The Bertz CT molecular complexity index is 735. The van der Waals surface area contributed by atoms with Crippen LogP contribution < -0.4 is 4.74 Å². The highest BCUT2D eigenvalue weighted by Gasteiger charge is 2.56. The number of esters is 1. The van der Waals surface area contributed by atoms with Gasteiger partial charge in [-0.25, -0.2) is 4.79 Å².